The van der Waals surface area contributed by atoms with Crippen LogP contribution in [0.3, 0.4) is 0 Å². The van der Waals surface area contributed by atoms with Crippen molar-refractivity contribution in [3.05, 3.63) is 17.3 Å². The minimum absolute atomic E-state index is 0.00728. The Morgan fingerprint density at radius 3 is 3.21 bits per heavy atom. The van der Waals surface area contributed by atoms with E-state index in [9.17, 15) is 4.79 Å². The summed E-state index contributed by atoms with van der Waals surface area (Å²) in [6, 6.07) is 2.00. The monoisotopic (exact) mass is 278 g/mol. The quantitative estimate of drug-likeness (QED) is 0.910. The predicted octanol–water partition coefficient (Wildman–Crippen LogP) is 1.09. The lowest BCUT2D eigenvalue weighted by Crippen LogP contribution is -2.41. The number of hydrogen-bond acceptors (Lipinski definition) is 6. The third-order valence-electron chi connectivity index (χ3n) is 3.02. The minimum Gasteiger partial charge on any atom is -0.372 e. The number of hydrogen-bond donors (Lipinski definition) is 1. The maximum Gasteiger partial charge on any atom is 0.249 e. The molecule has 7 heteroatoms. The molecule has 0 atom stereocenters. The number of thiophene rings is 1. The van der Waals surface area contributed by atoms with Crippen molar-refractivity contribution in [2.75, 3.05) is 32.1 Å². The maximum absolute atomic E-state index is 11.7. The van der Waals surface area contributed by atoms with Crippen molar-refractivity contribution in [1.29, 1.82) is 0 Å². The molecule has 0 aliphatic carbocycles. The third-order valence-corrected chi connectivity index (χ3v) is 3.83. The number of rotatable bonds is 3. The average Bonchev–Trinajstić information content (AvgIpc) is 2.89. The predicted molar refractivity (Wildman–Crippen MR) is 73.2 cm³/mol. The summed E-state index contributed by atoms with van der Waals surface area (Å²) < 4.78 is 5.11. The molecule has 3 rings (SSSR count). The number of fused-ring (bicyclic) bond motifs is 1. The fourth-order valence-corrected chi connectivity index (χ4v) is 2.83. The smallest absolute Gasteiger partial charge is 0.249 e. The Bertz CT molecular complexity index is 613. The molecule has 0 spiro atoms. The Balaban J connectivity index is 1.89. The van der Waals surface area contributed by atoms with Gasteiger partial charge in [-0.2, -0.15) is 0 Å². The molecule has 1 amide bonds. The van der Waals surface area contributed by atoms with Crippen LogP contribution in [0.2, 0.25) is 0 Å². The van der Waals surface area contributed by atoms with Crippen molar-refractivity contribution in [2.24, 2.45) is 0 Å². The summed E-state index contributed by atoms with van der Waals surface area (Å²) >= 11 is 1.57. The van der Waals surface area contributed by atoms with E-state index in [2.05, 4.69) is 15.3 Å². The number of nitrogens with one attached hydrogen (secondary N) is 1. The molecule has 1 aliphatic heterocycles. The van der Waals surface area contributed by atoms with Crippen LogP contribution in [0.1, 0.15) is 5.82 Å². The zero-order valence-corrected chi connectivity index (χ0v) is 11.4. The van der Waals surface area contributed by atoms with E-state index in [1.54, 1.807) is 16.2 Å². The van der Waals surface area contributed by atoms with E-state index in [1.807, 2.05) is 18.5 Å². The second kappa shape index (κ2) is 5.10. The van der Waals surface area contributed by atoms with Crippen LogP contribution in [0.25, 0.3) is 10.2 Å². The highest BCUT2D eigenvalue weighted by Crippen LogP contribution is 2.25. The molecular formula is C12H14N4O2S. The third kappa shape index (κ3) is 2.39. The minimum atomic E-state index is -0.00728. The first-order chi connectivity index (χ1) is 9.28. The summed E-state index contributed by atoms with van der Waals surface area (Å²) in [7, 11) is 1.84. The largest absolute Gasteiger partial charge is 0.372 e. The van der Waals surface area contributed by atoms with Gasteiger partial charge in [0.05, 0.1) is 18.5 Å². The molecule has 100 valence electrons. The van der Waals surface area contributed by atoms with Gasteiger partial charge in [0, 0.05) is 13.6 Å². The Morgan fingerprint density at radius 2 is 2.42 bits per heavy atom. The lowest BCUT2D eigenvalue weighted by Gasteiger charge is -2.26. The van der Waals surface area contributed by atoms with E-state index < -0.39 is 0 Å². The highest BCUT2D eigenvalue weighted by Gasteiger charge is 2.20. The number of aromatic nitrogens is 2. The highest BCUT2D eigenvalue weighted by molar-refractivity contribution is 7.16. The SMILES string of the molecule is CNc1nc(CN2CCOCC2=O)nc2sccc12. The Hall–Kier alpha value is -1.73. The van der Waals surface area contributed by atoms with Crippen LogP contribution in [0.4, 0.5) is 5.82 Å². The molecular weight excluding hydrogens is 264 g/mol. The molecule has 1 aliphatic rings. The summed E-state index contributed by atoms with van der Waals surface area (Å²) in [6.45, 7) is 1.76. The second-order valence-electron chi connectivity index (χ2n) is 4.25. The van der Waals surface area contributed by atoms with Gasteiger partial charge in [0.25, 0.3) is 0 Å². The van der Waals surface area contributed by atoms with Crippen molar-refractivity contribution < 1.29 is 9.53 Å². The lowest BCUT2D eigenvalue weighted by atomic mass is 10.3. The molecule has 0 radical (unpaired) electrons. The van der Waals surface area contributed by atoms with Crippen LogP contribution in [-0.4, -0.2) is 47.6 Å². The van der Waals surface area contributed by atoms with Crippen LogP contribution >= 0.6 is 11.3 Å². The van der Waals surface area contributed by atoms with Crippen molar-refractivity contribution >= 4 is 33.3 Å². The van der Waals surface area contributed by atoms with Crippen LogP contribution in [-0.2, 0) is 16.1 Å². The molecule has 0 saturated carbocycles. The topological polar surface area (TPSA) is 67.3 Å². The van der Waals surface area contributed by atoms with Crippen molar-refractivity contribution in [3.63, 3.8) is 0 Å². The van der Waals surface area contributed by atoms with E-state index in [0.717, 1.165) is 16.0 Å². The Labute approximate surface area is 114 Å². The second-order valence-corrected chi connectivity index (χ2v) is 5.14. The molecule has 0 aromatic carbocycles. The zero-order chi connectivity index (χ0) is 13.2. The van der Waals surface area contributed by atoms with Crippen LogP contribution in [0.5, 0.6) is 0 Å². The van der Waals surface area contributed by atoms with Gasteiger partial charge in [-0.25, -0.2) is 9.97 Å². The highest BCUT2D eigenvalue weighted by atomic mass is 32.1. The van der Waals surface area contributed by atoms with Gasteiger partial charge in [0.2, 0.25) is 5.91 Å². The number of anilines is 1. The van der Waals surface area contributed by atoms with E-state index in [-0.39, 0.29) is 12.5 Å². The van der Waals surface area contributed by atoms with Gasteiger partial charge in [-0.15, -0.1) is 11.3 Å². The van der Waals surface area contributed by atoms with Gasteiger partial charge in [0.1, 0.15) is 17.3 Å². The number of carbonyl (C=O) groups is 1. The van der Waals surface area contributed by atoms with Gasteiger partial charge in [-0.3, -0.25) is 4.79 Å². The van der Waals surface area contributed by atoms with E-state index >= 15 is 0 Å². The first-order valence-corrected chi connectivity index (χ1v) is 6.93. The average molecular weight is 278 g/mol. The first kappa shape index (κ1) is 12.3. The number of ether oxygens (including phenoxy) is 1. The van der Waals surface area contributed by atoms with E-state index in [0.29, 0.717) is 25.5 Å². The standard InChI is InChI=1S/C12H14N4O2S/c1-13-11-8-2-5-19-12(8)15-9(14-11)6-16-3-4-18-7-10(16)17/h2,5H,3-4,6-7H2,1H3,(H,13,14,15). The van der Waals surface area contributed by atoms with Gasteiger partial charge >= 0.3 is 0 Å². The number of morpholine rings is 1. The molecule has 19 heavy (non-hydrogen) atoms. The van der Waals surface area contributed by atoms with E-state index in [1.165, 1.54) is 0 Å². The lowest BCUT2D eigenvalue weighted by molar-refractivity contribution is -0.143. The fraction of sp³-hybridized carbons (Fsp3) is 0.417. The summed E-state index contributed by atoms with van der Waals surface area (Å²) in [6.07, 6.45) is 0. The van der Waals surface area contributed by atoms with Crippen LogP contribution in [0, 0.1) is 0 Å². The maximum atomic E-state index is 11.7. The molecule has 2 aromatic heterocycles. The van der Waals surface area contributed by atoms with E-state index in [4.69, 9.17) is 4.74 Å². The Morgan fingerprint density at radius 1 is 1.53 bits per heavy atom. The van der Waals surface area contributed by atoms with Gasteiger partial charge < -0.3 is 15.0 Å². The summed E-state index contributed by atoms with van der Waals surface area (Å²) in [5.74, 6) is 1.46. The van der Waals surface area contributed by atoms with Crippen LogP contribution < -0.4 is 5.32 Å². The van der Waals surface area contributed by atoms with Gasteiger partial charge in [-0.1, -0.05) is 0 Å². The van der Waals surface area contributed by atoms with Crippen molar-refractivity contribution in [2.45, 2.75) is 6.54 Å². The van der Waals surface area contributed by atoms with Crippen molar-refractivity contribution in [1.82, 2.24) is 14.9 Å². The van der Waals surface area contributed by atoms with Gasteiger partial charge in [0.15, 0.2) is 5.82 Å². The molecule has 6 nitrogen and oxygen atoms in total. The fourth-order valence-electron chi connectivity index (χ4n) is 2.05. The summed E-state index contributed by atoms with van der Waals surface area (Å²) in [4.78, 5) is 23.3. The summed E-state index contributed by atoms with van der Waals surface area (Å²) in [5.41, 5.74) is 0. The number of carbonyl (C=O) groups excluding carboxylic acids is 1. The molecule has 1 saturated heterocycles. The van der Waals surface area contributed by atoms with Gasteiger partial charge in [-0.05, 0) is 11.4 Å². The van der Waals surface area contributed by atoms with Crippen molar-refractivity contribution in [3.8, 4) is 0 Å². The molecule has 1 N–H and O–H groups in total. The molecule has 0 bridgehead atoms. The first-order valence-electron chi connectivity index (χ1n) is 6.05. The normalized spacial score (nSPS) is 16.1. The zero-order valence-electron chi connectivity index (χ0n) is 10.5. The molecule has 3 heterocycles. The molecule has 2 aromatic rings. The number of nitrogens with zero attached hydrogens (tertiary/aromatic N) is 3. The molecule has 1 fully saturated rings. The molecule has 0 unspecified atom stereocenters. The van der Waals surface area contributed by atoms with Crippen LogP contribution in [0.15, 0.2) is 11.4 Å². The number of amides is 1. The summed E-state index contributed by atoms with van der Waals surface area (Å²) in [5, 5.41) is 6.08. The Kier molecular flexibility index (Phi) is 3.31.